The smallest absolute Gasteiger partial charge is 0.230 e. The SMILES string of the molecule is Cc1cccc(-n2nnnc2SCC(=O)NCCC(c2ccccc2)c2ccccc2)c1. The zero-order valence-corrected chi connectivity index (χ0v) is 18.7. The third kappa shape index (κ3) is 5.62. The van der Waals surface area contributed by atoms with Crippen LogP contribution >= 0.6 is 11.8 Å². The lowest BCUT2D eigenvalue weighted by Crippen LogP contribution is -2.27. The van der Waals surface area contributed by atoms with E-state index in [0.717, 1.165) is 17.7 Å². The molecule has 0 aliphatic heterocycles. The molecular formula is C25H25N5OS. The van der Waals surface area contributed by atoms with Crippen molar-refractivity contribution in [3.05, 3.63) is 102 Å². The molecule has 0 bridgehead atoms. The molecule has 0 saturated carbocycles. The number of nitrogens with zero attached hydrogens (tertiary/aromatic N) is 4. The number of carbonyl (C=O) groups excluding carboxylic acids is 1. The summed E-state index contributed by atoms with van der Waals surface area (Å²) in [5.41, 5.74) is 4.50. The van der Waals surface area contributed by atoms with Crippen molar-refractivity contribution < 1.29 is 4.79 Å². The van der Waals surface area contributed by atoms with E-state index in [2.05, 4.69) is 69.4 Å². The number of thioether (sulfide) groups is 1. The summed E-state index contributed by atoms with van der Waals surface area (Å²) in [6.45, 7) is 2.61. The Kier molecular flexibility index (Phi) is 7.30. The van der Waals surface area contributed by atoms with Crippen molar-refractivity contribution in [1.82, 2.24) is 25.5 Å². The fourth-order valence-corrected chi connectivity index (χ4v) is 4.34. The van der Waals surface area contributed by atoms with E-state index >= 15 is 0 Å². The summed E-state index contributed by atoms with van der Waals surface area (Å²) in [5, 5.41) is 15.5. The van der Waals surface area contributed by atoms with Crippen LogP contribution in [0.3, 0.4) is 0 Å². The highest BCUT2D eigenvalue weighted by Crippen LogP contribution is 2.27. The summed E-state index contributed by atoms with van der Waals surface area (Å²) in [6, 6.07) is 28.8. The second-order valence-electron chi connectivity index (χ2n) is 7.51. The van der Waals surface area contributed by atoms with Crippen LogP contribution in [0.1, 0.15) is 29.0 Å². The molecule has 0 radical (unpaired) electrons. The molecule has 3 aromatic carbocycles. The summed E-state index contributed by atoms with van der Waals surface area (Å²) in [7, 11) is 0. The third-order valence-corrected chi connectivity index (χ3v) is 6.10. The van der Waals surface area contributed by atoms with Crippen molar-refractivity contribution in [2.45, 2.75) is 24.4 Å². The zero-order valence-electron chi connectivity index (χ0n) is 17.9. The van der Waals surface area contributed by atoms with Gasteiger partial charge in [-0.3, -0.25) is 4.79 Å². The number of benzene rings is 3. The average molecular weight is 444 g/mol. The van der Waals surface area contributed by atoms with E-state index in [1.165, 1.54) is 22.9 Å². The van der Waals surface area contributed by atoms with E-state index in [9.17, 15) is 4.79 Å². The fourth-order valence-electron chi connectivity index (χ4n) is 3.62. The van der Waals surface area contributed by atoms with Crippen LogP contribution in [0, 0.1) is 6.92 Å². The number of carbonyl (C=O) groups is 1. The van der Waals surface area contributed by atoms with Crippen molar-refractivity contribution in [3.8, 4) is 5.69 Å². The molecule has 4 aromatic rings. The van der Waals surface area contributed by atoms with Crippen molar-refractivity contribution >= 4 is 17.7 Å². The molecule has 6 nitrogen and oxygen atoms in total. The number of aromatic nitrogens is 4. The molecule has 0 unspecified atom stereocenters. The van der Waals surface area contributed by atoms with Crippen molar-refractivity contribution in [1.29, 1.82) is 0 Å². The van der Waals surface area contributed by atoms with Crippen LogP contribution in [0.25, 0.3) is 5.69 Å². The van der Waals surface area contributed by atoms with Gasteiger partial charge in [0.25, 0.3) is 0 Å². The molecule has 0 atom stereocenters. The lowest BCUT2D eigenvalue weighted by Gasteiger charge is -2.18. The summed E-state index contributed by atoms with van der Waals surface area (Å²) in [5.74, 6) is 0.459. The van der Waals surface area contributed by atoms with Gasteiger partial charge in [-0.2, -0.15) is 4.68 Å². The minimum atomic E-state index is -0.0336. The molecule has 1 amide bonds. The summed E-state index contributed by atoms with van der Waals surface area (Å²) >= 11 is 1.33. The van der Waals surface area contributed by atoms with E-state index in [1.807, 2.05) is 43.3 Å². The standard InChI is InChI=1S/C25H25N5OS/c1-19-9-8-14-22(17-19)30-25(27-28-29-30)32-18-24(31)26-16-15-23(20-10-4-2-5-11-20)21-12-6-3-7-13-21/h2-14,17,23H,15-16,18H2,1H3,(H,26,31). The van der Waals surface area contributed by atoms with E-state index in [1.54, 1.807) is 4.68 Å². The summed E-state index contributed by atoms with van der Waals surface area (Å²) in [6.07, 6.45) is 0.825. The molecule has 7 heteroatoms. The van der Waals surface area contributed by atoms with Gasteiger partial charge in [-0.25, -0.2) is 0 Å². The minimum Gasteiger partial charge on any atom is -0.355 e. The second-order valence-corrected chi connectivity index (χ2v) is 8.46. The van der Waals surface area contributed by atoms with Crippen LogP contribution in [0.15, 0.2) is 90.1 Å². The van der Waals surface area contributed by atoms with E-state index < -0.39 is 0 Å². The fraction of sp³-hybridized carbons (Fsp3) is 0.200. The van der Waals surface area contributed by atoms with E-state index in [-0.39, 0.29) is 17.6 Å². The van der Waals surface area contributed by atoms with Gasteiger partial charge in [0.2, 0.25) is 11.1 Å². The Bertz CT molecular complexity index is 1110. The first-order valence-electron chi connectivity index (χ1n) is 10.6. The second kappa shape index (κ2) is 10.7. The first kappa shape index (κ1) is 21.8. The van der Waals surface area contributed by atoms with E-state index in [4.69, 9.17) is 0 Å². The molecule has 0 spiro atoms. The van der Waals surface area contributed by atoms with Crippen LogP contribution in [0.2, 0.25) is 0 Å². The largest absolute Gasteiger partial charge is 0.355 e. The maximum Gasteiger partial charge on any atom is 0.230 e. The lowest BCUT2D eigenvalue weighted by atomic mass is 9.88. The van der Waals surface area contributed by atoms with Crippen LogP contribution in [-0.4, -0.2) is 38.4 Å². The maximum atomic E-state index is 12.5. The number of amides is 1. The van der Waals surface area contributed by atoms with Gasteiger partial charge >= 0.3 is 0 Å². The van der Waals surface area contributed by atoms with Gasteiger partial charge in [0.15, 0.2) is 0 Å². The molecule has 0 aliphatic rings. The first-order valence-corrected chi connectivity index (χ1v) is 11.5. The molecule has 0 fully saturated rings. The Hall–Kier alpha value is -3.45. The summed E-state index contributed by atoms with van der Waals surface area (Å²) in [4.78, 5) is 12.5. The highest BCUT2D eigenvalue weighted by Gasteiger charge is 2.15. The van der Waals surface area contributed by atoms with Gasteiger partial charge in [0.05, 0.1) is 11.4 Å². The number of rotatable bonds is 9. The number of hydrogen-bond acceptors (Lipinski definition) is 5. The normalized spacial score (nSPS) is 10.9. The quantitative estimate of drug-likeness (QED) is 0.388. The Morgan fingerprint density at radius 3 is 2.31 bits per heavy atom. The average Bonchev–Trinajstić information content (AvgIpc) is 3.30. The minimum absolute atomic E-state index is 0.0336. The lowest BCUT2D eigenvalue weighted by molar-refractivity contribution is -0.118. The van der Waals surface area contributed by atoms with Gasteiger partial charge < -0.3 is 5.32 Å². The summed E-state index contributed by atoms with van der Waals surface area (Å²) < 4.78 is 1.66. The zero-order chi connectivity index (χ0) is 22.2. The van der Waals surface area contributed by atoms with Gasteiger partial charge in [-0.05, 0) is 52.6 Å². The molecule has 32 heavy (non-hydrogen) atoms. The van der Waals surface area contributed by atoms with E-state index in [0.29, 0.717) is 11.7 Å². The van der Waals surface area contributed by atoms with Crippen LogP contribution < -0.4 is 5.32 Å². The van der Waals surface area contributed by atoms with Gasteiger partial charge in [-0.15, -0.1) is 5.10 Å². The van der Waals surface area contributed by atoms with Gasteiger partial charge in [0.1, 0.15) is 0 Å². The molecule has 4 rings (SSSR count). The van der Waals surface area contributed by atoms with Crippen molar-refractivity contribution in [2.75, 3.05) is 12.3 Å². The number of aryl methyl sites for hydroxylation is 1. The predicted octanol–water partition coefficient (Wildman–Crippen LogP) is 4.40. The first-order chi connectivity index (χ1) is 15.7. The van der Waals surface area contributed by atoms with Crippen LogP contribution in [0.5, 0.6) is 0 Å². The Morgan fingerprint density at radius 1 is 0.969 bits per heavy atom. The number of nitrogens with one attached hydrogen (secondary N) is 1. The van der Waals surface area contributed by atoms with Gasteiger partial charge in [-0.1, -0.05) is 84.6 Å². The van der Waals surface area contributed by atoms with Crippen molar-refractivity contribution in [2.24, 2.45) is 0 Å². The molecular weight excluding hydrogens is 418 g/mol. The molecule has 0 saturated heterocycles. The molecule has 162 valence electrons. The Morgan fingerprint density at radius 2 is 1.66 bits per heavy atom. The molecule has 1 N–H and O–H groups in total. The van der Waals surface area contributed by atoms with Crippen LogP contribution in [-0.2, 0) is 4.79 Å². The Labute approximate surface area is 192 Å². The molecule has 0 aliphatic carbocycles. The number of tetrazole rings is 1. The van der Waals surface area contributed by atoms with Crippen LogP contribution in [0.4, 0.5) is 0 Å². The highest BCUT2D eigenvalue weighted by atomic mass is 32.2. The monoisotopic (exact) mass is 443 g/mol. The molecule has 1 aromatic heterocycles. The predicted molar refractivity (Wildman–Crippen MR) is 127 cm³/mol. The van der Waals surface area contributed by atoms with Crippen molar-refractivity contribution in [3.63, 3.8) is 0 Å². The number of hydrogen-bond donors (Lipinski definition) is 1. The topological polar surface area (TPSA) is 72.7 Å². The maximum absolute atomic E-state index is 12.5. The molecule has 1 heterocycles. The Balaban J connectivity index is 1.33. The third-order valence-electron chi connectivity index (χ3n) is 5.18. The van der Waals surface area contributed by atoms with Gasteiger partial charge in [0, 0.05) is 12.5 Å². The highest BCUT2D eigenvalue weighted by molar-refractivity contribution is 7.99.